The molecule has 1 aromatic carbocycles. The predicted octanol–water partition coefficient (Wildman–Crippen LogP) is 2.02. The first kappa shape index (κ1) is 17.6. The molecule has 1 amide bonds. The van der Waals surface area contributed by atoms with Crippen LogP contribution in [0.15, 0.2) is 36.5 Å². The minimum atomic E-state index is -0.425. The molecule has 7 nitrogen and oxygen atoms in total. The van der Waals surface area contributed by atoms with Gasteiger partial charge in [-0.25, -0.2) is 9.97 Å². The number of fused-ring (bicyclic) bond motifs is 1. The number of piperidine rings is 1. The number of carbonyl (C=O) groups is 1. The summed E-state index contributed by atoms with van der Waals surface area (Å²) in [6.45, 7) is 4.20. The van der Waals surface area contributed by atoms with Gasteiger partial charge in [0.2, 0.25) is 5.95 Å². The first-order valence-electron chi connectivity index (χ1n) is 9.94. The van der Waals surface area contributed by atoms with E-state index < -0.39 is 5.79 Å². The van der Waals surface area contributed by atoms with Crippen molar-refractivity contribution in [2.24, 2.45) is 0 Å². The van der Waals surface area contributed by atoms with Gasteiger partial charge in [-0.3, -0.25) is 4.79 Å². The Kier molecular flexibility index (Phi) is 4.49. The number of anilines is 1. The molecule has 0 unspecified atom stereocenters. The lowest BCUT2D eigenvalue weighted by Crippen LogP contribution is -2.46. The van der Waals surface area contributed by atoms with Crippen LogP contribution in [0.1, 0.15) is 34.5 Å². The Labute approximate surface area is 164 Å². The molecular formula is C21H24N4O3. The van der Waals surface area contributed by atoms with Gasteiger partial charge < -0.3 is 19.3 Å². The molecule has 0 aliphatic carbocycles. The van der Waals surface area contributed by atoms with Gasteiger partial charge in [0.05, 0.1) is 13.2 Å². The number of nitrogens with zero attached hydrogens (tertiary/aromatic N) is 4. The van der Waals surface area contributed by atoms with Gasteiger partial charge in [-0.15, -0.1) is 0 Å². The monoisotopic (exact) mass is 380 g/mol. The molecule has 146 valence electrons. The number of hydrogen-bond acceptors (Lipinski definition) is 6. The first-order chi connectivity index (χ1) is 13.7. The highest BCUT2D eigenvalue weighted by Gasteiger charge is 2.40. The highest BCUT2D eigenvalue weighted by atomic mass is 16.7. The summed E-state index contributed by atoms with van der Waals surface area (Å²) in [5.74, 6) is 0.149. The third-order valence-electron chi connectivity index (χ3n) is 5.90. The summed E-state index contributed by atoms with van der Waals surface area (Å²) in [5.41, 5.74) is 3.00. The Morgan fingerprint density at radius 3 is 2.54 bits per heavy atom. The molecule has 4 heterocycles. The average molecular weight is 380 g/mol. The second-order valence-electron chi connectivity index (χ2n) is 7.58. The van der Waals surface area contributed by atoms with Crippen LogP contribution in [-0.2, 0) is 22.4 Å². The fourth-order valence-corrected chi connectivity index (χ4v) is 4.28. The van der Waals surface area contributed by atoms with E-state index in [2.05, 4.69) is 33.1 Å². The second kappa shape index (κ2) is 7.14. The molecule has 1 spiro atoms. The molecule has 7 heteroatoms. The molecular weight excluding hydrogens is 356 g/mol. The SMILES string of the molecule is O=C(c1ccnc(N2CCC3(CC2)OCCO3)n1)N1CCc2ccccc2C1. The summed E-state index contributed by atoms with van der Waals surface area (Å²) in [4.78, 5) is 26.0. The van der Waals surface area contributed by atoms with Crippen LogP contribution >= 0.6 is 0 Å². The number of benzene rings is 1. The largest absolute Gasteiger partial charge is 0.347 e. The topological polar surface area (TPSA) is 67.8 Å². The Morgan fingerprint density at radius 2 is 1.75 bits per heavy atom. The molecule has 5 rings (SSSR count). The van der Waals surface area contributed by atoms with Crippen molar-refractivity contribution in [3.05, 3.63) is 53.3 Å². The van der Waals surface area contributed by atoms with Crippen molar-refractivity contribution in [2.75, 3.05) is 37.7 Å². The maximum atomic E-state index is 13.0. The van der Waals surface area contributed by atoms with Gasteiger partial charge in [-0.2, -0.15) is 0 Å². The molecule has 1 aromatic heterocycles. The van der Waals surface area contributed by atoms with Crippen LogP contribution in [0.5, 0.6) is 0 Å². The van der Waals surface area contributed by atoms with E-state index in [1.54, 1.807) is 12.3 Å². The van der Waals surface area contributed by atoms with E-state index in [0.717, 1.165) is 38.9 Å². The normalized spacial score (nSPS) is 21.0. The van der Waals surface area contributed by atoms with Crippen molar-refractivity contribution in [3.8, 4) is 0 Å². The van der Waals surface area contributed by atoms with Crippen LogP contribution in [0.3, 0.4) is 0 Å². The van der Waals surface area contributed by atoms with Gasteiger partial charge in [-0.05, 0) is 23.6 Å². The lowest BCUT2D eigenvalue weighted by atomic mass is 10.00. The van der Waals surface area contributed by atoms with E-state index in [4.69, 9.17) is 9.47 Å². The molecule has 2 fully saturated rings. The minimum absolute atomic E-state index is 0.0332. The zero-order chi connectivity index (χ0) is 19.0. The van der Waals surface area contributed by atoms with Crippen LogP contribution in [-0.4, -0.2) is 59.4 Å². The Hall–Kier alpha value is -2.51. The number of ether oxygens (including phenoxy) is 2. The second-order valence-corrected chi connectivity index (χ2v) is 7.58. The number of aromatic nitrogens is 2. The summed E-state index contributed by atoms with van der Waals surface area (Å²) in [5, 5.41) is 0. The molecule has 0 radical (unpaired) electrons. The van der Waals surface area contributed by atoms with Crippen LogP contribution in [0.2, 0.25) is 0 Å². The molecule has 3 aliphatic heterocycles. The van der Waals surface area contributed by atoms with Crippen molar-refractivity contribution in [1.29, 1.82) is 0 Å². The van der Waals surface area contributed by atoms with Crippen LogP contribution in [0, 0.1) is 0 Å². The highest BCUT2D eigenvalue weighted by Crippen LogP contribution is 2.32. The Balaban J connectivity index is 1.29. The number of amides is 1. The summed E-state index contributed by atoms with van der Waals surface area (Å²) in [7, 11) is 0. The standard InChI is InChI=1S/C21H24N4O3/c26-19(25-10-6-16-3-1-2-4-17(16)15-25)18-5-9-22-20(23-18)24-11-7-21(8-12-24)27-13-14-28-21/h1-5,9H,6-8,10-15H2. The van der Waals surface area contributed by atoms with Crippen molar-refractivity contribution in [2.45, 2.75) is 31.6 Å². The van der Waals surface area contributed by atoms with Crippen molar-refractivity contribution in [1.82, 2.24) is 14.9 Å². The molecule has 2 aromatic rings. The zero-order valence-electron chi connectivity index (χ0n) is 15.8. The zero-order valence-corrected chi connectivity index (χ0v) is 15.8. The quantitative estimate of drug-likeness (QED) is 0.794. The third-order valence-corrected chi connectivity index (χ3v) is 5.90. The van der Waals surface area contributed by atoms with E-state index >= 15 is 0 Å². The summed E-state index contributed by atoms with van der Waals surface area (Å²) in [6, 6.07) is 10.0. The van der Waals surface area contributed by atoms with E-state index in [1.165, 1.54) is 11.1 Å². The fourth-order valence-electron chi connectivity index (χ4n) is 4.28. The van der Waals surface area contributed by atoms with Crippen LogP contribution in [0.25, 0.3) is 0 Å². The molecule has 3 aliphatic rings. The van der Waals surface area contributed by atoms with Crippen LogP contribution < -0.4 is 4.90 Å². The van der Waals surface area contributed by atoms with E-state index in [9.17, 15) is 4.79 Å². The number of carbonyl (C=O) groups excluding carboxylic acids is 1. The number of hydrogen-bond donors (Lipinski definition) is 0. The molecule has 0 atom stereocenters. The molecule has 0 saturated carbocycles. The lowest BCUT2D eigenvalue weighted by molar-refractivity contribution is -0.169. The van der Waals surface area contributed by atoms with Gasteiger partial charge in [0.25, 0.3) is 5.91 Å². The van der Waals surface area contributed by atoms with E-state index in [-0.39, 0.29) is 5.91 Å². The minimum Gasteiger partial charge on any atom is -0.347 e. The Bertz CT molecular complexity index is 871. The average Bonchev–Trinajstić information content (AvgIpc) is 3.21. The van der Waals surface area contributed by atoms with Gasteiger partial charge in [0.1, 0.15) is 5.69 Å². The van der Waals surface area contributed by atoms with E-state index in [0.29, 0.717) is 31.4 Å². The summed E-state index contributed by atoms with van der Waals surface area (Å²) < 4.78 is 11.6. The van der Waals surface area contributed by atoms with Crippen LogP contribution in [0.4, 0.5) is 5.95 Å². The first-order valence-corrected chi connectivity index (χ1v) is 9.94. The predicted molar refractivity (Wildman–Crippen MR) is 103 cm³/mol. The van der Waals surface area contributed by atoms with Crippen molar-refractivity contribution in [3.63, 3.8) is 0 Å². The highest BCUT2D eigenvalue weighted by molar-refractivity contribution is 5.92. The van der Waals surface area contributed by atoms with Gasteiger partial charge in [0, 0.05) is 45.2 Å². The van der Waals surface area contributed by atoms with Crippen molar-refractivity contribution < 1.29 is 14.3 Å². The molecule has 0 bridgehead atoms. The molecule has 2 saturated heterocycles. The van der Waals surface area contributed by atoms with Gasteiger partial charge >= 0.3 is 0 Å². The maximum Gasteiger partial charge on any atom is 0.272 e. The van der Waals surface area contributed by atoms with Gasteiger partial charge in [-0.1, -0.05) is 24.3 Å². The van der Waals surface area contributed by atoms with E-state index in [1.807, 2.05) is 11.0 Å². The number of rotatable bonds is 2. The smallest absolute Gasteiger partial charge is 0.272 e. The fraction of sp³-hybridized carbons (Fsp3) is 0.476. The summed E-state index contributed by atoms with van der Waals surface area (Å²) >= 11 is 0. The Morgan fingerprint density at radius 1 is 1.00 bits per heavy atom. The third kappa shape index (κ3) is 3.25. The molecule has 0 N–H and O–H groups in total. The lowest BCUT2D eigenvalue weighted by Gasteiger charge is -2.37. The maximum absolute atomic E-state index is 13.0. The summed E-state index contributed by atoms with van der Waals surface area (Å²) in [6.07, 6.45) is 4.14. The van der Waals surface area contributed by atoms with Gasteiger partial charge in [0.15, 0.2) is 5.79 Å². The van der Waals surface area contributed by atoms with Crippen molar-refractivity contribution >= 4 is 11.9 Å². The molecule has 28 heavy (non-hydrogen) atoms.